The molecule has 1 aliphatic carbocycles. The lowest BCUT2D eigenvalue weighted by atomic mass is 9.79. The molecule has 40 heavy (non-hydrogen) atoms. The van der Waals surface area contributed by atoms with Crippen LogP contribution in [0.25, 0.3) is 39.6 Å². The Bertz CT molecular complexity index is 1860. The normalized spacial score (nSPS) is 14.9. The van der Waals surface area contributed by atoms with Crippen LogP contribution in [-0.2, 0) is 12.8 Å². The number of halogens is 2. The number of amides is 1. The number of hydrogen-bond donors (Lipinski definition) is 3. The number of H-pyrrole nitrogens is 2. The standard InChI is InChI=1S/C31H30F2N4O3/c1-6-18-27(16(5)32)36-31(40)37(30(18)39)24-9-7-8-19(15(24)4)25-22(33)13-21(29(34)38)28-26(25)20-11-10-17(14(2)3)12-23(20)35-28/h6-9,13-14,17,35H,1,5,10-12H2,2-4H3,(H2,34,38)(H,36,40)/t17-/m1/s1. The maximum Gasteiger partial charge on any atom is 0.333 e. The summed E-state index contributed by atoms with van der Waals surface area (Å²) in [5.41, 5.74) is 7.23. The van der Waals surface area contributed by atoms with Gasteiger partial charge in [0, 0.05) is 16.6 Å². The van der Waals surface area contributed by atoms with Crippen LogP contribution in [0.3, 0.4) is 0 Å². The molecular weight excluding hydrogens is 514 g/mol. The summed E-state index contributed by atoms with van der Waals surface area (Å²) < 4.78 is 30.8. The summed E-state index contributed by atoms with van der Waals surface area (Å²) in [6, 6.07) is 5.99. The Morgan fingerprint density at radius 1 is 1.25 bits per heavy atom. The summed E-state index contributed by atoms with van der Waals surface area (Å²) in [5, 5.41) is 0.573. The Balaban J connectivity index is 1.82. The molecule has 9 heteroatoms. The second-order valence-corrected chi connectivity index (χ2v) is 10.6. The quantitative estimate of drug-likeness (QED) is 0.295. The van der Waals surface area contributed by atoms with Gasteiger partial charge in [0.2, 0.25) is 0 Å². The highest BCUT2D eigenvalue weighted by atomic mass is 19.1. The largest absolute Gasteiger partial charge is 0.366 e. The van der Waals surface area contributed by atoms with Crippen LogP contribution in [-0.4, -0.2) is 20.4 Å². The number of aryl methyl sites for hydroxylation is 1. The smallest absolute Gasteiger partial charge is 0.333 e. The fourth-order valence-corrected chi connectivity index (χ4v) is 5.94. The first-order valence-electron chi connectivity index (χ1n) is 13.1. The molecule has 0 saturated carbocycles. The minimum absolute atomic E-state index is 0.0610. The van der Waals surface area contributed by atoms with Gasteiger partial charge < -0.3 is 15.7 Å². The summed E-state index contributed by atoms with van der Waals surface area (Å²) in [7, 11) is 0. The second kappa shape index (κ2) is 9.89. The van der Waals surface area contributed by atoms with Crippen molar-refractivity contribution >= 4 is 28.7 Å². The Morgan fingerprint density at radius 3 is 2.60 bits per heavy atom. The Kier molecular flexibility index (Phi) is 6.69. The van der Waals surface area contributed by atoms with Crippen LogP contribution >= 0.6 is 0 Å². The van der Waals surface area contributed by atoms with Crippen LogP contribution < -0.4 is 17.0 Å². The first kappa shape index (κ1) is 27.1. The van der Waals surface area contributed by atoms with E-state index >= 15 is 4.39 Å². The number of nitrogens with two attached hydrogens (primary N) is 1. The molecule has 7 nitrogen and oxygen atoms in total. The van der Waals surface area contributed by atoms with Gasteiger partial charge in [0.05, 0.1) is 28.0 Å². The number of carbonyl (C=O) groups is 1. The number of fused-ring (bicyclic) bond motifs is 3. The van der Waals surface area contributed by atoms with E-state index in [0.29, 0.717) is 40.3 Å². The zero-order valence-electron chi connectivity index (χ0n) is 22.6. The first-order valence-corrected chi connectivity index (χ1v) is 13.1. The van der Waals surface area contributed by atoms with Crippen LogP contribution in [0.2, 0.25) is 0 Å². The predicted molar refractivity (Wildman–Crippen MR) is 154 cm³/mol. The molecule has 4 N–H and O–H groups in total. The van der Waals surface area contributed by atoms with Gasteiger partial charge in [-0.1, -0.05) is 45.2 Å². The average molecular weight is 545 g/mol. The van der Waals surface area contributed by atoms with Gasteiger partial charge in [-0.3, -0.25) is 9.59 Å². The number of rotatable bonds is 6. The van der Waals surface area contributed by atoms with E-state index in [9.17, 15) is 18.8 Å². The minimum atomic E-state index is -0.974. The van der Waals surface area contributed by atoms with Gasteiger partial charge in [-0.15, -0.1) is 0 Å². The first-order chi connectivity index (χ1) is 19.0. The highest BCUT2D eigenvalue weighted by Gasteiger charge is 2.30. The van der Waals surface area contributed by atoms with Crippen molar-refractivity contribution in [2.24, 2.45) is 17.6 Å². The van der Waals surface area contributed by atoms with E-state index in [1.54, 1.807) is 25.1 Å². The molecule has 1 aliphatic rings. The van der Waals surface area contributed by atoms with Crippen LogP contribution in [0, 0.1) is 24.6 Å². The molecule has 0 unspecified atom stereocenters. The second-order valence-electron chi connectivity index (χ2n) is 10.6. The van der Waals surface area contributed by atoms with Crippen molar-refractivity contribution in [2.75, 3.05) is 0 Å². The van der Waals surface area contributed by atoms with Crippen molar-refractivity contribution < 1.29 is 13.6 Å². The third-order valence-corrected chi connectivity index (χ3v) is 8.09. The van der Waals surface area contributed by atoms with Crippen molar-refractivity contribution in [3.63, 3.8) is 0 Å². The van der Waals surface area contributed by atoms with Crippen LogP contribution in [0.5, 0.6) is 0 Å². The molecule has 206 valence electrons. The molecule has 5 rings (SSSR count). The molecule has 0 fully saturated rings. The Hall–Kier alpha value is -4.53. The summed E-state index contributed by atoms with van der Waals surface area (Å²) in [5.74, 6) is -1.46. The van der Waals surface area contributed by atoms with E-state index < -0.39 is 28.8 Å². The third kappa shape index (κ3) is 4.13. The molecular formula is C31H30F2N4O3. The number of benzene rings is 2. The molecule has 2 aromatic heterocycles. The average Bonchev–Trinajstić information content (AvgIpc) is 3.27. The number of nitrogens with one attached hydrogen (secondary N) is 2. The molecule has 2 aromatic carbocycles. The molecule has 2 heterocycles. The van der Waals surface area contributed by atoms with Crippen molar-refractivity contribution in [1.82, 2.24) is 14.5 Å². The van der Waals surface area contributed by atoms with Crippen molar-refractivity contribution in [1.29, 1.82) is 0 Å². The molecule has 4 aromatic rings. The zero-order chi connectivity index (χ0) is 29.0. The maximum atomic E-state index is 16.0. The molecule has 0 aliphatic heterocycles. The Labute approximate surface area is 229 Å². The third-order valence-electron chi connectivity index (χ3n) is 8.09. The van der Waals surface area contributed by atoms with E-state index in [-0.39, 0.29) is 28.1 Å². The van der Waals surface area contributed by atoms with Crippen LogP contribution in [0.15, 0.2) is 47.0 Å². The number of nitrogens with zero attached hydrogens (tertiary/aromatic N) is 1. The number of hydrogen-bond acceptors (Lipinski definition) is 3. The molecule has 0 bridgehead atoms. The Morgan fingerprint density at radius 2 is 1.98 bits per heavy atom. The topological polar surface area (TPSA) is 114 Å². The van der Waals surface area contributed by atoms with E-state index in [1.807, 2.05) is 0 Å². The van der Waals surface area contributed by atoms with Crippen LogP contribution in [0.4, 0.5) is 8.78 Å². The lowest BCUT2D eigenvalue weighted by Gasteiger charge is -2.25. The maximum absolute atomic E-state index is 16.0. The van der Waals surface area contributed by atoms with Gasteiger partial charge >= 0.3 is 5.69 Å². The van der Waals surface area contributed by atoms with Gasteiger partial charge in [0.1, 0.15) is 11.6 Å². The predicted octanol–water partition coefficient (Wildman–Crippen LogP) is 5.56. The summed E-state index contributed by atoms with van der Waals surface area (Å²) in [6.45, 7) is 12.8. The van der Waals surface area contributed by atoms with Crippen molar-refractivity contribution in [2.45, 2.75) is 40.0 Å². The van der Waals surface area contributed by atoms with Gasteiger partial charge in [0.25, 0.3) is 11.5 Å². The van der Waals surface area contributed by atoms with Gasteiger partial charge in [-0.25, -0.2) is 18.1 Å². The fourth-order valence-electron chi connectivity index (χ4n) is 5.94. The number of primary amides is 1. The fraction of sp³-hybridized carbons (Fsp3) is 0.258. The van der Waals surface area contributed by atoms with E-state index in [2.05, 4.69) is 37.0 Å². The number of aromatic amines is 2. The van der Waals surface area contributed by atoms with E-state index in [0.717, 1.165) is 40.8 Å². The molecule has 0 saturated heterocycles. The lowest BCUT2D eigenvalue weighted by molar-refractivity contribution is 0.100. The highest BCUT2D eigenvalue weighted by molar-refractivity contribution is 6.11. The zero-order valence-corrected chi connectivity index (χ0v) is 22.6. The number of aromatic nitrogens is 3. The van der Waals surface area contributed by atoms with Gasteiger partial charge in [-0.05, 0) is 66.8 Å². The van der Waals surface area contributed by atoms with E-state index in [4.69, 9.17) is 5.73 Å². The monoisotopic (exact) mass is 544 g/mol. The lowest BCUT2D eigenvalue weighted by Crippen LogP contribution is -2.36. The van der Waals surface area contributed by atoms with Gasteiger partial charge in [-0.2, -0.15) is 0 Å². The summed E-state index contributed by atoms with van der Waals surface area (Å²) in [4.78, 5) is 44.4. The van der Waals surface area contributed by atoms with E-state index in [1.165, 1.54) is 0 Å². The molecule has 1 amide bonds. The van der Waals surface area contributed by atoms with Gasteiger partial charge in [0.15, 0.2) is 0 Å². The number of carbonyl (C=O) groups excluding carboxylic acids is 1. The SMILES string of the molecule is C=Cc1c(C(=C)F)[nH]c(=O)n(-c2cccc(-c3c(F)cc(C(N)=O)c4[nH]c5c(c34)CC[C@@H](C(C)C)C5)c2C)c1=O. The minimum Gasteiger partial charge on any atom is -0.366 e. The van der Waals surface area contributed by atoms with Crippen molar-refractivity contribution in [3.05, 3.63) is 97.7 Å². The highest BCUT2D eigenvalue weighted by Crippen LogP contribution is 2.43. The van der Waals surface area contributed by atoms with Crippen LogP contribution in [0.1, 0.15) is 58.7 Å². The van der Waals surface area contributed by atoms with Crippen molar-refractivity contribution in [3.8, 4) is 16.8 Å². The summed E-state index contributed by atoms with van der Waals surface area (Å²) in [6.07, 6.45) is 3.53. The molecule has 0 spiro atoms. The molecule has 1 atom stereocenters. The summed E-state index contributed by atoms with van der Waals surface area (Å²) >= 11 is 0. The molecule has 0 radical (unpaired) electrons.